The molecule has 0 bridgehead atoms. The van der Waals surface area contributed by atoms with Gasteiger partial charge in [0, 0.05) is 28.7 Å². The van der Waals surface area contributed by atoms with E-state index in [2.05, 4.69) is 5.32 Å². The fourth-order valence-electron chi connectivity index (χ4n) is 3.92. The van der Waals surface area contributed by atoms with Crippen LogP contribution in [0.1, 0.15) is 25.8 Å². The summed E-state index contributed by atoms with van der Waals surface area (Å²) in [5.41, 5.74) is 0.511. The number of amides is 2. The summed E-state index contributed by atoms with van der Waals surface area (Å²) in [6, 6.07) is 16.3. The normalized spacial score (nSPS) is 12.0. The number of sulfonamides is 1. The average Bonchev–Trinajstić information content (AvgIpc) is 2.90. The van der Waals surface area contributed by atoms with E-state index in [9.17, 15) is 22.4 Å². The molecule has 3 aromatic carbocycles. The number of rotatable bonds is 11. The molecule has 0 spiro atoms. The third-order valence-corrected chi connectivity index (χ3v) is 8.35. The largest absolute Gasteiger partial charge is 0.355 e. The van der Waals surface area contributed by atoms with Crippen LogP contribution in [0.4, 0.5) is 10.1 Å². The zero-order valence-electron chi connectivity index (χ0n) is 20.9. The van der Waals surface area contributed by atoms with E-state index in [-0.39, 0.29) is 23.5 Å². The van der Waals surface area contributed by atoms with Crippen molar-refractivity contribution in [2.45, 2.75) is 37.8 Å². The molecule has 3 rings (SSSR count). The van der Waals surface area contributed by atoms with Gasteiger partial charge in [-0.25, -0.2) is 12.8 Å². The molecule has 0 fully saturated rings. The number of nitrogens with one attached hydrogen (secondary N) is 1. The number of likely N-dealkylation sites (N-methyl/N-ethyl adjacent to an activating group) is 1. The van der Waals surface area contributed by atoms with Crippen molar-refractivity contribution in [3.05, 3.63) is 94.2 Å². The number of carbonyl (C=O) groups excluding carboxylic acids is 2. The van der Waals surface area contributed by atoms with Gasteiger partial charge in [-0.2, -0.15) is 0 Å². The second-order valence-corrected chi connectivity index (χ2v) is 11.0. The van der Waals surface area contributed by atoms with Crippen molar-refractivity contribution in [1.82, 2.24) is 10.2 Å². The molecule has 0 aliphatic rings. The van der Waals surface area contributed by atoms with Gasteiger partial charge in [0.05, 0.1) is 10.6 Å². The first kappa shape index (κ1) is 29.4. The van der Waals surface area contributed by atoms with E-state index in [1.54, 1.807) is 50.2 Å². The van der Waals surface area contributed by atoms with Crippen molar-refractivity contribution in [2.24, 2.45) is 0 Å². The van der Waals surface area contributed by atoms with Crippen molar-refractivity contribution in [1.29, 1.82) is 0 Å². The quantitative estimate of drug-likeness (QED) is 0.335. The van der Waals surface area contributed by atoms with E-state index in [1.807, 2.05) is 0 Å². The molecule has 1 atom stereocenters. The maximum absolute atomic E-state index is 13.9. The van der Waals surface area contributed by atoms with Crippen molar-refractivity contribution < 1.29 is 22.4 Å². The summed E-state index contributed by atoms with van der Waals surface area (Å²) in [5.74, 6) is -1.62. The Kier molecular flexibility index (Phi) is 10.1. The minimum Gasteiger partial charge on any atom is -0.355 e. The zero-order chi connectivity index (χ0) is 27.9. The number of hydrogen-bond donors (Lipinski definition) is 1. The summed E-state index contributed by atoms with van der Waals surface area (Å²) in [5, 5.41) is 3.32. The van der Waals surface area contributed by atoms with Crippen LogP contribution in [0, 0.1) is 5.82 Å². The molecule has 0 heterocycles. The maximum atomic E-state index is 13.9. The van der Waals surface area contributed by atoms with Crippen LogP contribution in [0.25, 0.3) is 0 Å². The molecule has 0 aliphatic carbocycles. The summed E-state index contributed by atoms with van der Waals surface area (Å²) < 4.78 is 41.9. The smallest absolute Gasteiger partial charge is 0.264 e. The van der Waals surface area contributed by atoms with Gasteiger partial charge in [-0.15, -0.1) is 0 Å². The number of carbonyl (C=O) groups is 2. The lowest BCUT2D eigenvalue weighted by Gasteiger charge is -2.33. The molecular weight excluding hydrogens is 552 g/mol. The Morgan fingerprint density at radius 2 is 1.53 bits per heavy atom. The predicted octanol–water partition coefficient (Wildman–Crippen LogP) is 5.27. The molecule has 2 amide bonds. The fraction of sp³-hybridized carbons (Fsp3) is 0.259. The SMILES string of the molecule is CCNC(=O)[C@@H](CC)N(Cc1c(Cl)cccc1Cl)C(=O)CN(c1ccc(F)cc1)S(=O)(=O)c1ccccc1. The molecule has 7 nitrogen and oxygen atoms in total. The Labute approximate surface area is 232 Å². The second kappa shape index (κ2) is 13.1. The van der Waals surface area contributed by atoms with Crippen molar-refractivity contribution >= 4 is 50.7 Å². The molecule has 202 valence electrons. The van der Waals surface area contributed by atoms with Gasteiger partial charge < -0.3 is 10.2 Å². The summed E-state index contributed by atoms with van der Waals surface area (Å²) in [4.78, 5) is 28.1. The first-order valence-electron chi connectivity index (χ1n) is 11.9. The van der Waals surface area contributed by atoms with Gasteiger partial charge in [0.2, 0.25) is 11.8 Å². The minimum absolute atomic E-state index is 0.0476. The molecule has 3 aromatic rings. The minimum atomic E-state index is -4.24. The van der Waals surface area contributed by atoms with Crippen LogP contribution >= 0.6 is 23.2 Å². The molecule has 11 heteroatoms. The highest BCUT2D eigenvalue weighted by Gasteiger charge is 2.34. The van der Waals surface area contributed by atoms with Gasteiger partial charge in [0.1, 0.15) is 18.4 Å². The monoisotopic (exact) mass is 579 g/mol. The van der Waals surface area contributed by atoms with Crippen LogP contribution in [-0.2, 0) is 26.2 Å². The Morgan fingerprint density at radius 3 is 2.08 bits per heavy atom. The van der Waals surface area contributed by atoms with Crippen molar-refractivity contribution in [3.8, 4) is 0 Å². The molecule has 0 aromatic heterocycles. The lowest BCUT2D eigenvalue weighted by molar-refractivity contribution is -0.140. The van der Waals surface area contributed by atoms with E-state index >= 15 is 0 Å². The van der Waals surface area contributed by atoms with E-state index in [0.717, 1.165) is 16.4 Å². The third-order valence-electron chi connectivity index (χ3n) is 5.85. The maximum Gasteiger partial charge on any atom is 0.264 e. The molecule has 0 radical (unpaired) electrons. The van der Waals surface area contributed by atoms with Gasteiger partial charge >= 0.3 is 0 Å². The Morgan fingerprint density at radius 1 is 0.921 bits per heavy atom. The number of benzene rings is 3. The number of nitrogens with zero attached hydrogens (tertiary/aromatic N) is 2. The van der Waals surface area contributed by atoms with Gasteiger partial charge in [-0.3, -0.25) is 13.9 Å². The number of halogens is 3. The van der Waals surface area contributed by atoms with Crippen LogP contribution in [0.2, 0.25) is 10.0 Å². The Bertz CT molecular complexity index is 1350. The fourth-order valence-corrected chi connectivity index (χ4v) is 5.87. The molecule has 0 saturated carbocycles. The molecule has 38 heavy (non-hydrogen) atoms. The predicted molar refractivity (Wildman–Crippen MR) is 147 cm³/mol. The van der Waals surface area contributed by atoms with Crippen LogP contribution in [-0.4, -0.2) is 44.3 Å². The van der Waals surface area contributed by atoms with Gasteiger partial charge in [0.25, 0.3) is 10.0 Å². The lowest BCUT2D eigenvalue weighted by Crippen LogP contribution is -2.52. The van der Waals surface area contributed by atoms with Crippen LogP contribution in [0.3, 0.4) is 0 Å². The van der Waals surface area contributed by atoms with Gasteiger partial charge in [0.15, 0.2) is 0 Å². The van der Waals surface area contributed by atoms with Crippen molar-refractivity contribution in [2.75, 3.05) is 17.4 Å². The lowest BCUT2D eigenvalue weighted by atomic mass is 10.1. The van der Waals surface area contributed by atoms with Crippen molar-refractivity contribution in [3.63, 3.8) is 0 Å². The number of anilines is 1. The molecule has 0 saturated heterocycles. The average molecular weight is 581 g/mol. The van der Waals surface area contributed by atoms with E-state index in [1.165, 1.54) is 29.2 Å². The Hall–Kier alpha value is -3.14. The van der Waals surface area contributed by atoms with Crippen LogP contribution < -0.4 is 9.62 Å². The standard InChI is InChI=1S/C27H28Cl2FN3O4S/c1-3-25(27(35)31-4-2)32(17-22-23(28)11-8-12-24(22)29)26(34)18-33(20-15-13-19(30)14-16-20)38(36,37)21-9-6-5-7-10-21/h5-16,25H,3-4,17-18H2,1-2H3,(H,31,35)/t25-/m1/s1. The molecular formula is C27H28Cl2FN3O4S. The second-order valence-electron chi connectivity index (χ2n) is 8.34. The number of hydrogen-bond acceptors (Lipinski definition) is 4. The summed E-state index contributed by atoms with van der Waals surface area (Å²) in [6.07, 6.45) is 0.252. The zero-order valence-corrected chi connectivity index (χ0v) is 23.2. The summed E-state index contributed by atoms with van der Waals surface area (Å²) in [6.45, 7) is 3.06. The van der Waals surface area contributed by atoms with E-state index < -0.39 is 40.2 Å². The highest BCUT2D eigenvalue weighted by Crippen LogP contribution is 2.28. The highest BCUT2D eigenvalue weighted by atomic mass is 35.5. The molecule has 0 unspecified atom stereocenters. The van der Waals surface area contributed by atoms with Gasteiger partial charge in [-0.05, 0) is 61.9 Å². The van der Waals surface area contributed by atoms with E-state index in [4.69, 9.17) is 23.2 Å². The van der Waals surface area contributed by atoms with E-state index in [0.29, 0.717) is 22.2 Å². The summed E-state index contributed by atoms with van der Waals surface area (Å²) >= 11 is 12.7. The van der Waals surface area contributed by atoms with Crippen LogP contribution in [0.5, 0.6) is 0 Å². The molecule has 1 N–H and O–H groups in total. The third kappa shape index (κ3) is 6.83. The highest BCUT2D eigenvalue weighted by molar-refractivity contribution is 7.92. The Balaban J connectivity index is 2.08. The first-order chi connectivity index (χ1) is 18.1. The summed E-state index contributed by atoms with van der Waals surface area (Å²) in [7, 11) is -4.24. The first-order valence-corrected chi connectivity index (χ1v) is 14.1. The topological polar surface area (TPSA) is 86.8 Å². The van der Waals surface area contributed by atoms with Crippen LogP contribution in [0.15, 0.2) is 77.7 Å². The molecule has 0 aliphatic heterocycles. The van der Waals surface area contributed by atoms with Gasteiger partial charge in [-0.1, -0.05) is 54.4 Å².